The Morgan fingerprint density at radius 3 is 2.65 bits per heavy atom. The van der Waals surface area contributed by atoms with Crippen LogP contribution in [0.15, 0.2) is 67.0 Å². The average molecular weight is 438 g/mol. The molecule has 2 aromatic heterocycles. The molecule has 6 nitrogen and oxygen atoms in total. The Morgan fingerprint density at radius 2 is 1.94 bits per heavy atom. The molecule has 0 spiro atoms. The van der Waals surface area contributed by atoms with E-state index < -0.39 is 11.8 Å². The summed E-state index contributed by atoms with van der Waals surface area (Å²) in [4.78, 5) is 19.8. The van der Waals surface area contributed by atoms with Crippen molar-refractivity contribution in [3.63, 3.8) is 0 Å². The highest BCUT2D eigenvalue weighted by atomic mass is 35.5. The van der Waals surface area contributed by atoms with Gasteiger partial charge in [0.05, 0.1) is 22.2 Å². The number of benzene rings is 2. The van der Waals surface area contributed by atoms with Crippen molar-refractivity contribution in [2.75, 3.05) is 5.32 Å². The third-order valence-electron chi connectivity index (χ3n) is 4.74. The van der Waals surface area contributed by atoms with Gasteiger partial charge in [0, 0.05) is 23.7 Å². The molecule has 2 heterocycles. The maximum atomic E-state index is 13.6. The van der Waals surface area contributed by atoms with Crippen LogP contribution in [0.3, 0.4) is 0 Å². The first-order valence-corrected chi connectivity index (χ1v) is 9.76. The second-order valence-corrected chi connectivity index (χ2v) is 7.25. The van der Waals surface area contributed by atoms with Crippen LogP contribution in [-0.4, -0.2) is 21.0 Å². The number of halogens is 2. The van der Waals surface area contributed by atoms with E-state index in [1.807, 2.05) is 6.92 Å². The monoisotopic (exact) mass is 437 g/mol. The van der Waals surface area contributed by atoms with Crippen LogP contribution in [0, 0.1) is 5.82 Å². The number of carboxylic acids is 1. The Labute approximate surface area is 182 Å². The van der Waals surface area contributed by atoms with Gasteiger partial charge >= 0.3 is 5.97 Å². The number of anilines is 1. The normalized spacial score (nSPS) is 11.8. The van der Waals surface area contributed by atoms with Crippen molar-refractivity contribution in [3.8, 4) is 11.6 Å². The van der Waals surface area contributed by atoms with E-state index in [1.165, 1.54) is 18.3 Å². The lowest BCUT2D eigenvalue weighted by Crippen LogP contribution is -2.09. The van der Waals surface area contributed by atoms with E-state index in [-0.39, 0.29) is 17.5 Å². The van der Waals surface area contributed by atoms with Gasteiger partial charge in [-0.15, -0.1) is 0 Å². The van der Waals surface area contributed by atoms with Gasteiger partial charge in [0.15, 0.2) is 0 Å². The molecule has 0 fully saturated rings. The first-order valence-electron chi connectivity index (χ1n) is 9.39. The molecule has 156 valence electrons. The highest BCUT2D eigenvalue weighted by molar-refractivity contribution is 6.35. The summed E-state index contributed by atoms with van der Waals surface area (Å²) in [6.07, 6.45) is 3.08. The Kier molecular flexibility index (Phi) is 5.68. The second kappa shape index (κ2) is 8.57. The Hall–Kier alpha value is -3.71. The van der Waals surface area contributed by atoms with Gasteiger partial charge in [0.1, 0.15) is 17.4 Å². The third kappa shape index (κ3) is 4.41. The zero-order valence-electron chi connectivity index (χ0n) is 16.3. The molecular weight excluding hydrogens is 421 g/mol. The Balaban J connectivity index is 1.71. The SMILES string of the molecule is C[C@H](Nc1nccc2c(Cl)cnc(Oc3cccc(F)c3)c12)c1ccc(C(=O)O)cc1. The average Bonchev–Trinajstić information content (AvgIpc) is 2.76. The lowest BCUT2D eigenvalue weighted by atomic mass is 10.1. The van der Waals surface area contributed by atoms with Crippen molar-refractivity contribution in [2.45, 2.75) is 13.0 Å². The topological polar surface area (TPSA) is 84.3 Å². The molecule has 0 amide bonds. The number of nitrogens with zero attached hydrogens (tertiary/aromatic N) is 2. The van der Waals surface area contributed by atoms with Crippen molar-refractivity contribution in [3.05, 3.63) is 89.0 Å². The molecule has 1 atom stereocenters. The van der Waals surface area contributed by atoms with Crippen molar-refractivity contribution in [1.29, 1.82) is 0 Å². The number of aromatic nitrogens is 2. The summed E-state index contributed by atoms with van der Waals surface area (Å²) in [5, 5.41) is 14.0. The molecule has 0 saturated carbocycles. The summed E-state index contributed by atoms with van der Waals surface area (Å²) in [7, 11) is 0. The van der Waals surface area contributed by atoms with E-state index in [9.17, 15) is 9.18 Å². The van der Waals surface area contributed by atoms with Gasteiger partial charge in [0.2, 0.25) is 5.88 Å². The standard InChI is InChI=1S/C23H17ClFN3O3/c1-13(14-5-7-15(8-6-14)23(29)30)28-21-20-18(9-10-26-21)19(24)12-27-22(20)31-17-4-2-3-16(25)11-17/h2-13H,1H3,(H,26,28)(H,29,30)/t13-/m0/s1. The van der Waals surface area contributed by atoms with E-state index in [2.05, 4.69) is 15.3 Å². The summed E-state index contributed by atoms with van der Waals surface area (Å²) in [5.41, 5.74) is 1.08. The van der Waals surface area contributed by atoms with E-state index in [4.69, 9.17) is 21.4 Å². The van der Waals surface area contributed by atoms with Crippen LogP contribution >= 0.6 is 11.6 Å². The minimum absolute atomic E-state index is 0.207. The van der Waals surface area contributed by atoms with Crippen LogP contribution in [0.2, 0.25) is 5.02 Å². The first kappa shape index (κ1) is 20.6. The van der Waals surface area contributed by atoms with Crippen LogP contribution in [0.4, 0.5) is 10.2 Å². The quantitative estimate of drug-likeness (QED) is 0.380. The number of aromatic carboxylic acids is 1. The molecule has 8 heteroatoms. The molecule has 0 aliphatic heterocycles. The van der Waals surface area contributed by atoms with Gasteiger partial charge in [-0.05, 0) is 42.8 Å². The number of ether oxygens (including phenoxy) is 1. The van der Waals surface area contributed by atoms with Gasteiger partial charge in [-0.25, -0.2) is 19.2 Å². The fourth-order valence-electron chi connectivity index (χ4n) is 3.16. The summed E-state index contributed by atoms with van der Waals surface area (Å²) in [6.45, 7) is 1.92. The van der Waals surface area contributed by atoms with E-state index >= 15 is 0 Å². The van der Waals surface area contributed by atoms with Crippen LogP contribution in [0.5, 0.6) is 11.6 Å². The lowest BCUT2D eigenvalue weighted by molar-refractivity contribution is 0.0697. The zero-order valence-corrected chi connectivity index (χ0v) is 17.1. The predicted molar refractivity (Wildman–Crippen MR) is 116 cm³/mol. The number of rotatable bonds is 6. The molecule has 0 aliphatic rings. The van der Waals surface area contributed by atoms with Gasteiger partial charge < -0.3 is 15.2 Å². The van der Waals surface area contributed by atoms with Gasteiger partial charge in [0.25, 0.3) is 0 Å². The highest BCUT2D eigenvalue weighted by Gasteiger charge is 2.17. The number of carbonyl (C=O) groups is 1. The molecular formula is C23H17ClFN3O3. The minimum atomic E-state index is -0.984. The van der Waals surface area contributed by atoms with Gasteiger partial charge in [-0.2, -0.15) is 0 Å². The van der Waals surface area contributed by atoms with Crippen LogP contribution in [0.1, 0.15) is 28.9 Å². The number of hydrogen-bond donors (Lipinski definition) is 2. The van der Waals surface area contributed by atoms with Crippen LogP contribution < -0.4 is 10.1 Å². The van der Waals surface area contributed by atoms with E-state index in [0.29, 0.717) is 27.4 Å². The van der Waals surface area contributed by atoms with Gasteiger partial charge in [-0.3, -0.25) is 0 Å². The second-order valence-electron chi connectivity index (χ2n) is 6.85. The van der Waals surface area contributed by atoms with E-state index in [1.54, 1.807) is 48.7 Å². The largest absolute Gasteiger partial charge is 0.478 e. The first-order chi connectivity index (χ1) is 14.9. The zero-order chi connectivity index (χ0) is 22.0. The van der Waals surface area contributed by atoms with Crippen LogP contribution in [-0.2, 0) is 0 Å². The number of pyridine rings is 2. The van der Waals surface area contributed by atoms with Crippen molar-refractivity contribution in [1.82, 2.24) is 9.97 Å². The van der Waals surface area contributed by atoms with Crippen molar-refractivity contribution in [2.24, 2.45) is 0 Å². The summed E-state index contributed by atoms with van der Waals surface area (Å²) in [5.74, 6) is -0.403. The number of hydrogen-bond acceptors (Lipinski definition) is 5. The molecule has 0 unspecified atom stereocenters. The fourth-order valence-corrected chi connectivity index (χ4v) is 3.36. The highest BCUT2D eigenvalue weighted by Crippen LogP contribution is 2.37. The van der Waals surface area contributed by atoms with Crippen molar-refractivity contribution < 1.29 is 19.0 Å². The van der Waals surface area contributed by atoms with Crippen molar-refractivity contribution >= 4 is 34.2 Å². The molecule has 31 heavy (non-hydrogen) atoms. The van der Waals surface area contributed by atoms with Gasteiger partial charge in [-0.1, -0.05) is 29.8 Å². The molecule has 0 saturated heterocycles. The Morgan fingerprint density at radius 1 is 1.16 bits per heavy atom. The fraction of sp³-hybridized carbons (Fsp3) is 0.0870. The summed E-state index contributed by atoms with van der Waals surface area (Å²) in [6, 6.07) is 13.9. The third-order valence-corrected chi connectivity index (χ3v) is 5.04. The minimum Gasteiger partial charge on any atom is -0.478 e. The van der Waals surface area contributed by atoms with Crippen LogP contribution in [0.25, 0.3) is 10.8 Å². The smallest absolute Gasteiger partial charge is 0.335 e. The maximum Gasteiger partial charge on any atom is 0.335 e. The number of nitrogens with one attached hydrogen (secondary N) is 1. The molecule has 0 bridgehead atoms. The lowest BCUT2D eigenvalue weighted by Gasteiger charge is -2.18. The van der Waals surface area contributed by atoms with E-state index in [0.717, 1.165) is 5.56 Å². The number of carboxylic acid groups (broad SMARTS) is 1. The maximum absolute atomic E-state index is 13.6. The molecule has 0 radical (unpaired) electrons. The summed E-state index contributed by atoms with van der Waals surface area (Å²) >= 11 is 6.34. The number of fused-ring (bicyclic) bond motifs is 1. The molecule has 4 aromatic rings. The molecule has 0 aliphatic carbocycles. The predicted octanol–water partition coefficient (Wildman–Crippen LogP) is 6.09. The molecule has 2 N–H and O–H groups in total. The molecule has 2 aromatic carbocycles. The molecule has 4 rings (SSSR count). The Bertz CT molecular complexity index is 1260. The summed E-state index contributed by atoms with van der Waals surface area (Å²) < 4.78 is 19.4.